The van der Waals surface area contributed by atoms with Gasteiger partial charge in [0.05, 0.1) is 4.90 Å². The zero-order valence-corrected chi connectivity index (χ0v) is 14.0. The van der Waals surface area contributed by atoms with Gasteiger partial charge in [0.1, 0.15) is 0 Å². The summed E-state index contributed by atoms with van der Waals surface area (Å²) in [6.07, 6.45) is 4.64. The van der Waals surface area contributed by atoms with Crippen LogP contribution in [0.3, 0.4) is 0 Å². The SMILES string of the molecule is Cc1c(Cl)cc(C(=O)NCC2CCCC2)cc1S(=O)(=O)Cl. The van der Waals surface area contributed by atoms with Crippen LogP contribution in [0.1, 0.15) is 41.6 Å². The standard InChI is InChI=1S/C14H17Cl2NO3S/c1-9-12(15)6-11(7-13(9)21(16,19)20)14(18)17-8-10-4-2-3-5-10/h6-7,10H,2-5,8H2,1H3,(H,17,18). The summed E-state index contributed by atoms with van der Waals surface area (Å²) in [6.45, 7) is 2.16. The normalized spacial score (nSPS) is 16.1. The molecular formula is C14H17Cl2NO3S. The molecule has 1 amide bonds. The minimum Gasteiger partial charge on any atom is -0.352 e. The fraction of sp³-hybridized carbons (Fsp3) is 0.500. The summed E-state index contributed by atoms with van der Waals surface area (Å²) in [5, 5.41) is 3.04. The van der Waals surface area contributed by atoms with Crippen molar-refractivity contribution in [3.8, 4) is 0 Å². The van der Waals surface area contributed by atoms with Crippen LogP contribution in [0.25, 0.3) is 0 Å². The number of benzene rings is 1. The highest BCUT2D eigenvalue weighted by molar-refractivity contribution is 8.13. The van der Waals surface area contributed by atoms with E-state index in [-0.39, 0.29) is 21.4 Å². The van der Waals surface area contributed by atoms with Gasteiger partial charge in [-0.25, -0.2) is 8.42 Å². The number of halogens is 2. The van der Waals surface area contributed by atoms with Gasteiger partial charge in [-0.3, -0.25) is 4.79 Å². The zero-order chi connectivity index (χ0) is 15.6. The molecular weight excluding hydrogens is 333 g/mol. The fourth-order valence-electron chi connectivity index (χ4n) is 2.59. The van der Waals surface area contributed by atoms with E-state index in [1.165, 1.54) is 25.0 Å². The second-order valence-corrected chi connectivity index (χ2v) is 8.32. The molecule has 0 spiro atoms. The average molecular weight is 350 g/mol. The minimum atomic E-state index is -3.93. The molecule has 1 saturated carbocycles. The molecule has 0 heterocycles. The predicted molar refractivity (Wildman–Crippen MR) is 83.5 cm³/mol. The topological polar surface area (TPSA) is 63.2 Å². The van der Waals surface area contributed by atoms with Crippen molar-refractivity contribution >= 4 is 37.2 Å². The van der Waals surface area contributed by atoms with E-state index >= 15 is 0 Å². The molecule has 1 aliphatic carbocycles. The Morgan fingerprint density at radius 1 is 1.33 bits per heavy atom. The van der Waals surface area contributed by atoms with Gasteiger partial charge >= 0.3 is 0 Å². The van der Waals surface area contributed by atoms with E-state index in [1.807, 2.05) is 0 Å². The van der Waals surface area contributed by atoms with Crippen molar-refractivity contribution in [2.45, 2.75) is 37.5 Å². The molecule has 0 atom stereocenters. The van der Waals surface area contributed by atoms with Crippen molar-refractivity contribution < 1.29 is 13.2 Å². The second-order valence-electron chi connectivity index (χ2n) is 5.38. The molecule has 0 unspecified atom stereocenters. The number of carbonyl (C=O) groups excluding carboxylic acids is 1. The summed E-state index contributed by atoms with van der Waals surface area (Å²) in [5.41, 5.74) is 0.557. The van der Waals surface area contributed by atoms with Crippen molar-refractivity contribution in [3.05, 3.63) is 28.3 Å². The van der Waals surface area contributed by atoms with Crippen molar-refractivity contribution in [1.29, 1.82) is 0 Å². The number of rotatable bonds is 4. The highest BCUT2D eigenvalue weighted by Gasteiger charge is 2.20. The van der Waals surface area contributed by atoms with Crippen LogP contribution in [0, 0.1) is 12.8 Å². The van der Waals surface area contributed by atoms with Gasteiger partial charge in [-0.15, -0.1) is 0 Å². The molecule has 0 aliphatic heterocycles. The molecule has 4 nitrogen and oxygen atoms in total. The first-order chi connectivity index (χ1) is 9.79. The minimum absolute atomic E-state index is 0.123. The van der Waals surface area contributed by atoms with Crippen LogP contribution in [-0.2, 0) is 9.05 Å². The average Bonchev–Trinajstić information content (AvgIpc) is 2.90. The number of hydrogen-bond donors (Lipinski definition) is 1. The molecule has 0 aromatic heterocycles. The van der Waals surface area contributed by atoms with E-state index in [0.29, 0.717) is 18.0 Å². The van der Waals surface area contributed by atoms with E-state index < -0.39 is 9.05 Å². The Hall–Kier alpha value is -0.780. The molecule has 116 valence electrons. The third-order valence-corrected chi connectivity index (χ3v) is 5.69. The van der Waals surface area contributed by atoms with Gasteiger partial charge in [0, 0.05) is 27.8 Å². The molecule has 1 aliphatic rings. The Bertz CT molecular complexity index is 652. The van der Waals surface area contributed by atoms with Crippen LogP contribution in [0.4, 0.5) is 0 Å². The highest BCUT2D eigenvalue weighted by Crippen LogP contribution is 2.28. The quantitative estimate of drug-likeness (QED) is 0.846. The van der Waals surface area contributed by atoms with Gasteiger partial charge in [-0.2, -0.15) is 0 Å². The van der Waals surface area contributed by atoms with Crippen molar-refractivity contribution in [2.24, 2.45) is 5.92 Å². The van der Waals surface area contributed by atoms with Crippen molar-refractivity contribution in [2.75, 3.05) is 6.54 Å². The Morgan fingerprint density at radius 2 is 1.95 bits per heavy atom. The predicted octanol–water partition coefficient (Wildman–Crippen LogP) is 3.50. The van der Waals surface area contributed by atoms with E-state index in [1.54, 1.807) is 6.92 Å². The molecule has 1 fully saturated rings. The van der Waals surface area contributed by atoms with Gasteiger partial charge in [0.2, 0.25) is 0 Å². The maximum absolute atomic E-state index is 12.1. The zero-order valence-electron chi connectivity index (χ0n) is 11.7. The van der Waals surface area contributed by atoms with Crippen LogP contribution >= 0.6 is 22.3 Å². The lowest BCUT2D eigenvalue weighted by molar-refractivity contribution is 0.0947. The van der Waals surface area contributed by atoms with Gasteiger partial charge in [0.15, 0.2) is 0 Å². The molecule has 0 bridgehead atoms. The third-order valence-electron chi connectivity index (χ3n) is 3.85. The second kappa shape index (κ2) is 6.55. The Kier molecular flexibility index (Phi) is 5.17. The first-order valence-electron chi connectivity index (χ1n) is 6.82. The largest absolute Gasteiger partial charge is 0.352 e. The first-order valence-corrected chi connectivity index (χ1v) is 9.51. The summed E-state index contributed by atoms with van der Waals surface area (Å²) in [7, 11) is 1.44. The van der Waals surface area contributed by atoms with Gasteiger partial charge < -0.3 is 5.32 Å². The van der Waals surface area contributed by atoms with Gasteiger partial charge in [0.25, 0.3) is 15.0 Å². The summed E-state index contributed by atoms with van der Waals surface area (Å²) in [6, 6.07) is 2.74. The molecule has 21 heavy (non-hydrogen) atoms. The number of hydrogen-bond acceptors (Lipinski definition) is 3. The Labute approximate surface area is 134 Å². The maximum atomic E-state index is 12.1. The monoisotopic (exact) mass is 349 g/mol. The fourth-order valence-corrected chi connectivity index (χ4v) is 4.09. The molecule has 1 aromatic rings. The molecule has 0 radical (unpaired) electrons. The van der Waals surface area contributed by atoms with Crippen LogP contribution < -0.4 is 5.32 Å². The maximum Gasteiger partial charge on any atom is 0.261 e. The molecule has 1 aromatic carbocycles. The lowest BCUT2D eigenvalue weighted by Crippen LogP contribution is -2.28. The van der Waals surface area contributed by atoms with Gasteiger partial charge in [-0.1, -0.05) is 24.4 Å². The van der Waals surface area contributed by atoms with Crippen molar-refractivity contribution in [3.63, 3.8) is 0 Å². The summed E-state index contributed by atoms with van der Waals surface area (Å²) in [5.74, 6) is 0.177. The van der Waals surface area contributed by atoms with Crippen molar-refractivity contribution in [1.82, 2.24) is 5.32 Å². The smallest absolute Gasteiger partial charge is 0.261 e. The number of carbonyl (C=O) groups is 1. The Balaban J connectivity index is 2.19. The Morgan fingerprint density at radius 3 is 2.52 bits per heavy atom. The summed E-state index contributed by atoms with van der Waals surface area (Å²) >= 11 is 5.99. The lowest BCUT2D eigenvalue weighted by atomic mass is 10.1. The summed E-state index contributed by atoms with van der Waals surface area (Å²) in [4.78, 5) is 12.0. The van der Waals surface area contributed by atoms with E-state index in [2.05, 4.69) is 5.32 Å². The third kappa shape index (κ3) is 4.11. The van der Waals surface area contributed by atoms with Crippen LogP contribution in [0.15, 0.2) is 17.0 Å². The van der Waals surface area contributed by atoms with E-state index in [4.69, 9.17) is 22.3 Å². The molecule has 2 rings (SSSR count). The molecule has 1 N–H and O–H groups in total. The number of nitrogens with one attached hydrogen (secondary N) is 1. The molecule has 7 heteroatoms. The van der Waals surface area contributed by atoms with Gasteiger partial charge in [-0.05, 0) is 43.4 Å². The van der Waals surface area contributed by atoms with Crippen LogP contribution in [0.5, 0.6) is 0 Å². The van der Waals surface area contributed by atoms with Crippen LogP contribution in [-0.4, -0.2) is 20.9 Å². The lowest BCUT2D eigenvalue weighted by Gasteiger charge is -2.12. The number of amides is 1. The highest BCUT2D eigenvalue weighted by atomic mass is 35.7. The van der Waals surface area contributed by atoms with E-state index in [9.17, 15) is 13.2 Å². The first kappa shape index (κ1) is 16.6. The van der Waals surface area contributed by atoms with Crippen LogP contribution in [0.2, 0.25) is 5.02 Å². The van der Waals surface area contributed by atoms with E-state index in [0.717, 1.165) is 12.8 Å². The summed E-state index contributed by atoms with van der Waals surface area (Å²) < 4.78 is 23.0. The molecule has 0 saturated heterocycles.